The summed E-state index contributed by atoms with van der Waals surface area (Å²) in [5.74, 6) is 0.139. The van der Waals surface area contributed by atoms with Gasteiger partial charge < -0.3 is 16.0 Å². The van der Waals surface area contributed by atoms with Gasteiger partial charge in [-0.05, 0) is 49.4 Å². The van der Waals surface area contributed by atoms with Gasteiger partial charge in [-0.25, -0.2) is 4.79 Å². The summed E-state index contributed by atoms with van der Waals surface area (Å²) >= 11 is 6.21. The number of halogens is 1. The van der Waals surface area contributed by atoms with Crippen molar-refractivity contribution in [1.29, 1.82) is 0 Å². The molecule has 2 aromatic rings. The minimum absolute atomic E-state index is 0.0248. The summed E-state index contributed by atoms with van der Waals surface area (Å²) < 4.78 is 0. The van der Waals surface area contributed by atoms with Gasteiger partial charge in [-0.1, -0.05) is 55.8 Å². The van der Waals surface area contributed by atoms with Crippen LogP contribution in [0.1, 0.15) is 43.1 Å². The lowest BCUT2D eigenvalue weighted by Gasteiger charge is -2.15. The lowest BCUT2D eigenvalue weighted by Crippen LogP contribution is -2.36. The number of nitrogens with one attached hydrogen (secondary N) is 3. The van der Waals surface area contributed by atoms with Gasteiger partial charge in [0.15, 0.2) is 0 Å². The molecule has 3 N–H and O–H groups in total. The molecular weight excluding hydrogens is 374 g/mol. The molecule has 0 heterocycles. The maximum Gasteiger partial charge on any atom is 0.319 e. The Morgan fingerprint density at radius 3 is 2.39 bits per heavy atom. The maximum absolute atomic E-state index is 12.2. The fourth-order valence-electron chi connectivity index (χ4n) is 2.66. The number of carbonyl (C=O) groups excluding carboxylic acids is 2. The summed E-state index contributed by atoms with van der Waals surface area (Å²) in [6.07, 6.45) is 1.74. The molecule has 0 aliphatic heterocycles. The smallest absolute Gasteiger partial charge is 0.319 e. The second kappa shape index (κ2) is 10.7. The maximum atomic E-state index is 12.2. The second-order valence-electron chi connectivity index (χ2n) is 7.32. The van der Waals surface area contributed by atoms with E-state index in [-0.39, 0.29) is 18.0 Å². The summed E-state index contributed by atoms with van der Waals surface area (Å²) in [7, 11) is 0. The predicted molar refractivity (Wildman–Crippen MR) is 115 cm³/mol. The third kappa shape index (κ3) is 7.24. The van der Waals surface area contributed by atoms with E-state index in [0.29, 0.717) is 28.7 Å². The highest BCUT2D eigenvalue weighted by Gasteiger charge is 2.13. The molecule has 28 heavy (non-hydrogen) atoms. The Balaban J connectivity index is 1.84. The van der Waals surface area contributed by atoms with Gasteiger partial charge in [0, 0.05) is 18.3 Å². The molecule has 0 fully saturated rings. The Hall–Kier alpha value is -2.53. The van der Waals surface area contributed by atoms with E-state index in [1.165, 1.54) is 5.56 Å². The largest absolute Gasteiger partial charge is 0.352 e. The third-order valence-corrected chi connectivity index (χ3v) is 4.54. The number of anilines is 1. The first kappa shape index (κ1) is 21.8. The Labute approximate surface area is 171 Å². The molecule has 0 bridgehead atoms. The van der Waals surface area contributed by atoms with Gasteiger partial charge in [-0.15, -0.1) is 0 Å². The minimum atomic E-state index is -0.298. The van der Waals surface area contributed by atoms with E-state index in [9.17, 15) is 9.59 Å². The topological polar surface area (TPSA) is 70.2 Å². The van der Waals surface area contributed by atoms with Crippen LogP contribution in [0.3, 0.4) is 0 Å². The van der Waals surface area contributed by atoms with Crippen LogP contribution >= 0.6 is 11.6 Å². The summed E-state index contributed by atoms with van der Waals surface area (Å²) in [6.45, 7) is 6.60. The number of carbonyl (C=O) groups is 2. The Bertz CT molecular complexity index is 794. The molecule has 5 nitrogen and oxygen atoms in total. The monoisotopic (exact) mass is 401 g/mol. The van der Waals surface area contributed by atoms with E-state index in [0.717, 1.165) is 12.8 Å². The van der Waals surface area contributed by atoms with Gasteiger partial charge in [-0.3, -0.25) is 4.79 Å². The molecule has 0 saturated heterocycles. The van der Waals surface area contributed by atoms with E-state index >= 15 is 0 Å². The van der Waals surface area contributed by atoms with Crippen LogP contribution in [0.2, 0.25) is 5.02 Å². The Morgan fingerprint density at radius 2 is 1.75 bits per heavy atom. The van der Waals surface area contributed by atoms with Crippen LogP contribution < -0.4 is 16.0 Å². The van der Waals surface area contributed by atoms with Crippen molar-refractivity contribution in [3.05, 3.63) is 64.7 Å². The number of urea groups is 1. The number of hydrogen-bond acceptors (Lipinski definition) is 2. The predicted octanol–water partition coefficient (Wildman–Crippen LogP) is 4.87. The van der Waals surface area contributed by atoms with E-state index in [4.69, 9.17) is 11.6 Å². The van der Waals surface area contributed by atoms with Crippen molar-refractivity contribution < 1.29 is 9.59 Å². The molecule has 6 heteroatoms. The molecule has 150 valence electrons. The zero-order valence-corrected chi connectivity index (χ0v) is 17.3. The number of rotatable bonds is 8. The van der Waals surface area contributed by atoms with Crippen LogP contribution in [0.15, 0.2) is 48.5 Å². The number of hydrogen-bond donors (Lipinski definition) is 3. The number of benzene rings is 2. The Kier molecular flexibility index (Phi) is 8.33. The number of amides is 3. The molecule has 0 aliphatic carbocycles. The van der Waals surface area contributed by atoms with Crippen molar-refractivity contribution in [2.75, 3.05) is 11.9 Å². The highest BCUT2D eigenvalue weighted by molar-refractivity contribution is 6.34. The quantitative estimate of drug-likeness (QED) is 0.590. The lowest BCUT2D eigenvalue weighted by molar-refractivity contribution is 0.0949. The van der Waals surface area contributed by atoms with Gasteiger partial charge in [-0.2, -0.15) is 0 Å². The lowest BCUT2D eigenvalue weighted by atomic mass is 10.1. The van der Waals surface area contributed by atoms with Crippen molar-refractivity contribution in [2.24, 2.45) is 5.92 Å². The van der Waals surface area contributed by atoms with Gasteiger partial charge in [0.05, 0.1) is 10.6 Å². The molecule has 2 aromatic carbocycles. The van der Waals surface area contributed by atoms with Gasteiger partial charge in [0.1, 0.15) is 0 Å². The molecule has 0 spiro atoms. The highest BCUT2D eigenvalue weighted by Crippen LogP contribution is 2.21. The van der Waals surface area contributed by atoms with Crippen LogP contribution in [0.5, 0.6) is 0 Å². The molecule has 0 aliphatic rings. The zero-order valence-electron chi connectivity index (χ0n) is 16.6. The van der Waals surface area contributed by atoms with Crippen molar-refractivity contribution in [3.8, 4) is 0 Å². The van der Waals surface area contributed by atoms with Crippen molar-refractivity contribution >= 4 is 29.2 Å². The van der Waals surface area contributed by atoms with Crippen LogP contribution in [0.25, 0.3) is 0 Å². The standard InChI is InChI=1S/C22H28ClN3O2/c1-15(2)14-24-21(27)19-12-11-18(13-20(19)23)26-22(28)25-16(3)9-10-17-7-5-4-6-8-17/h4-8,11-13,15-16H,9-10,14H2,1-3H3,(H,24,27)(H2,25,26,28). The van der Waals surface area contributed by atoms with Crippen molar-refractivity contribution in [1.82, 2.24) is 10.6 Å². The summed E-state index contributed by atoms with van der Waals surface area (Å²) in [4.78, 5) is 24.3. The molecule has 0 aromatic heterocycles. The van der Waals surface area contributed by atoms with Gasteiger partial charge >= 0.3 is 6.03 Å². The normalized spacial score (nSPS) is 11.8. The van der Waals surface area contributed by atoms with Crippen LogP contribution in [-0.2, 0) is 6.42 Å². The first-order valence-corrected chi connectivity index (χ1v) is 9.92. The molecule has 3 amide bonds. The molecule has 1 atom stereocenters. The molecular formula is C22H28ClN3O2. The summed E-state index contributed by atoms with van der Waals surface area (Å²) in [6, 6.07) is 14.8. The SMILES string of the molecule is CC(C)CNC(=O)c1ccc(NC(=O)NC(C)CCc2ccccc2)cc1Cl. The van der Waals surface area contributed by atoms with E-state index < -0.39 is 0 Å². The average Bonchev–Trinajstić information content (AvgIpc) is 2.65. The summed E-state index contributed by atoms with van der Waals surface area (Å²) in [5.41, 5.74) is 2.18. The molecule has 2 rings (SSSR count). The van der Waals surface area contributed by atoms with Crippen molar-refractivity contribution in [2.45, 2.75) is 39.7 Å². The first-order valence-electron chi connectivity index (χ1n) is 9.54. The Morgan fingerprint density at radius 1 is 1.04 bits per heavy atom. The third-order valence-electron chi connectivity index (χ3n) is 4.23. The second-order valence-corrected chi connectivity index (χ2v) is 7.73. The fourth-order valence-corrected chi connectivity index (χ4v) is 2.93. The fraction of sp³-hybridized carbons (Fsp3) is 0.364. The van der Waals surface area contributed by atoms with Crippen molar-refractivity contribution in [3.63, 3.8) is 0 Å². The van der Waals surface area contributed by atoms with E-state index in [1.54, 1.807) is 18.2 Å². The highest BCUT2D eigenvalue weighted by atomic mass is 35.5. The van der Waals surface area contributed by atoms with E-state index in [2.05, 4.69) is 28.1 Å². The zero-order chi connectivity index (χ0) is 20.5. The molecule has 0 radical (unpaired) electrons. The number of aryl methyl sites for hydroxylation is 1. The van der Waals surface area contributed by atoms with E-state index in [1.807, 2.05) is 39.0 Å². The van der Waals surface area contributed by atoms with Crippen LogP contribution in [0.4, 0.5) is 10.5 Å². The molecule has 0 saturated carbocycles. The summed E-state index contributed by atoms with van der Waals surface area (Å²) in [5, 5.41) is 8.81. The average molecular weight is 402 g/mol. The first-order chi connectivity index (χ1) is 13.3. The van der Waals surface area contributed by atoms with Crippen LogP contribution in [0, 0.1) is 5.92 Å². The van der Waals surface area contributed by atoms with Gasteiger partial charge in [0.2, 0.25) is 0 Å². The van der Waals surface area contributed by atoms with Crippen LogP contribution in [-0.4, -0.2) is 24.5 Å². The minimum Gasteiger partial charge on any atom is -0.352 e. The molecule has 1 unspecified atom stereocenters. The van der Waals surface area contributed by atoms with Gasteiger partial charge in [0.25, 0.3) is 5.91 Å².